The molecule has 0 aliphatic carbocycles. The highest BCUT2D eigenvalue weighted by Crippen LogP contribution is 2.28. The second-order valence-corrected chi connectivity index (χ2v) is 7.36. The first-order chi connectivity index (χ1) is 13.3. The Morgan fingerprint density at radius 2 is 1.89 bits per heavy atom. The fourth-order valence-corrected chi connectivity index (χ4v) is 3.28. The van der Waals surface area contributed by atoms with Crippen LogP contribution < -0.4 is 10.1 Å². The highest BCUT2D eigenvalue weighted by molar-refractivity contribution is 6.35. The predicted octanol–water partition coefficient (Wildman–Crippen LogP) is 5.26. The number of hydrogen-bond acceptors (Lipinski definition) is 3. The standard InChI is InChI=1S/C21H21Cl2N3O2/c1-13-20(14(2)26(25-13)12-16-7-5-4-6-8-16)24-21(27)15(3)28-19-10-9-17(22)11-18(19)23/h4-11,15H,12H2,1-3H3,(H,24,27)/t15-/m1/s1. The molecule has 1 amide bonds. The van der Waals surface area contributed by atoms with Crippen LogP contribution >= 0.6 is 23.2 Å². The Labute approximate surface area is 174 Å². The van der Waals surface area contributed by atoms with Crippen LogP contribution in [-0.2, 0) is 11.3 Å². The monoisotopic (exact) mass is 417 g/mol. The molecule has 1 atom stereocenters. The van der Waals surface area contributed by atoms with Crippen LogP contribution in [0.3, 0.4) is 0 Å². The van der Waals surface area contributed by atoms with Crippen LogP contribution in [0.15, 0.2) is 48.5 Å². The minimum atomic E-state index is -0.741. The average Bonchev–Trinajstić information content (AvgIpc) is 2.92. The van der Waals surface area contributed by atoms with Crippen molar-refractivity contribution in [2.45, 2.75) is 33.4 Å². The zero-order valence-corrected chi connectivity index (χ0v) is 17.4. The van der Waals surface area contributed by atoms with Gasteiger partial charge < -0.3 is 10.1 Å². The zero-order chi connectivity index (χ0) is 20.3. The average molecular weight is 418 g/mol. The molecule has 1 aromatic heterocycles. The lowest BCUT2D eigenvalue weighted by molar-refractivity contribution is -0.122. The number of rotatable bonds is 6. The Hall–Kier alpha value is -2.50. The molecule has 3 rings (SSSR count). The normalized spacial score (nSPS) is 11.9. The lowest BCUT2D eigenvalue weighted by atomic mass is 10.2. The van der Waals surface area contributed by atoms with Gasteiger partial charge in [-0.25, -0.2) is 0 Å². The van der Waals surface area contributed by atoms with Crippen molar-refractivity contribution in [3.63, 3.8) is 0 Å². The molecule has 0 aliphatic heterocycles. The van der Waals surface area contributed by atoms with E-state index in [1.807, 2.05) is 48.9 Å². The molecule has 1 N–H and O–H groups in total. The lowest BCUT2D eigenvalue weighted by Crippen LogP contribution is -2.30. The molecule has 0 fully saturated rings. The number of hydrogen-bond donors (Lipinski definition) is 1. The van der Waals surface area contributed by atoms with Gasteiger partial charge in [-0.05, 0) is 44.5 Å². The summed E-state index contributed by atoms with van der Waals surface area (Å²) in [5, 5.41) is 8.33. The molecule has 5 nitrogen and oxygen atoms in total. The maximum Gasteiger partial charge on any atom is 0.265 e. The van der Waals surface area contributed by atoms with Gasteiger partial charge in [-0.15, -0.1) is 0 Å². The first kappa shape index (κ1) is 20.2. The van der Waals surface area contributed by atoms with Crippen molar-refractivity contribution in [2.24, 2.45) is 0 Å². The Morgan fingerprint density at radius 3 is 2.57 bits per heavy atom. The van der Waals surface area contributed by atoms with Gasteiger partial charge in [0.1, 0.15) is 5.75 Å². The van der Waals surface area contributed by atoms with Crippen LogP contribution in [0.25, 0.3) is 0 Å². The van der Waals surface area contributed by atoms with Crippen LogP contribution in [0, 0.1) is 13.8 Å². The van der Waals surface area contributed by atoms with E-state index in [1.54, 1.807) is 25.1 Å². The predicted molar refractivity (Wildman–Crippen MR) is 112 cm³/mol. The van der Waals surface area contributed by atoms with Gasteiger partial charge in [0.15, 0.2) is 6.10 Å². The summed E-state index contributed by atoms with van der Waals surface area (Å²) in [7, 11) is 0. The molecule has 0 bridgehead atoms. The quantitative estimate of drug-likeness (QED) is 0.594. The van der Waals surface area contributed by atoms with E-state index in [0.717, 1.165) is 17.0 Å². The van der Waals surface area contributed by atoms with E-state index in [4.69, 9.17) is 27.9 Å². The van der Waals surface area contributed by atoms with Crippen LogP contribution in [0.4, 0.5) is 5.69 Å². The fourth-order valence-electron chi connectivity index (χ4n) is 2.83. The van der Waals surface area contributed by atoms with E-state index in [2.05, 4.69) is 10.4 Å². The number of nitrogens with zero attached hydrogens (tertiary/aromatic N) is 2. The summed E-state index contributed by atoms with van der Waals surface area (Å²) in [6.07, 6.45) is -0.741. The van der Waals surface area contributed by atoms with E-state index < -0.39 is 6.10 Å². The van der Waals surface area contributed by atoms with Gasteiger partial charge in [-0.1, -0.05) is 53.5 Å². The van der Waals surface area contributed by atoms with Crippen molar-refractivity contribution in [1.29, 1.82) is 0 Å². The number of carbonyl (C=O) groups is 1. The van der Waals surface area contributed by atoms with Crippen molar-refractivity contribution in [2.75, 3.05) is 5.32 Å². The number of benzene rings is 2. The second-order valence-electron chi connectivity index (χ2n) is 6.51. The van der Waals surface area contributed by atoms with Crippen LogP contribution in [-0.4, -0.2) is 21.8 Å². The van der Waals surface area contributed by atoms with Gasteiger partial charge in [-0.3, -0.25) is 9.48 Å². The second kappa shape index (κ2) is 8.67. The number of amides is 1. The molecule has 28 heavy (non-hydrogen) atoms. The van der Waals surface area contributed by atoms with Crippen LogP contribution in [0.1, 0.15) is 23.9 Å². The molecule has 0 spiro atoms. The first-order valence-corrected chi connectivity index (χ1v) is 9.61. The van der Waals surface area contributed by atoms with Crippen molar-refractivity contribution < 1.29 is 9.53 Å². The summed E-state index contributed by atoms with van der Waals surface area (Å²) in [4.78, 5) is 12.6. The van der Waals surface area contributed by atoms with Crippen molar-refractivity contribution >= 4 is 34.8 Å². The maximum absolute atomic E-state index is 12.6. The number of carbonyl (C=O) groups excluding carboxylic acids is 1. The largest absolute Gasteiger partial charge is 0.479 e. The summed E-state index contributed by atoms with van der Waals surface area (Å²) in [5.74, 6) is 0.124. The van der Waals surface area contributed by atoms with Gasteiger partial charge in [-0.2, -0.15) is 5.10 Å². The van der Waals surface area contributed by atoms with E-state index >= 15 is 0 Å². The Balaban J connectivity index is 1.71. The number of halogens is 2. The van der Waals surface area contributed by atoms with Crippen molar-refractivity contribution in [1.82, 2.24) is 9.78 Å². The van der Waals surface area contributed by atoms with E-state index in [9.17, 15) is 4.79 Å². The minimum absolute atomic E-state index is 0.281. The highest BCUT2D eigenvalue weighted by Gasteiger charge is 2.20. The SMILES string of the molecule is Cc1nn(Cc2ccccc2)c(C)c1NC(=O)[C@@H](C)Oc1ccc(Cl)cc1Cl. The van der Waals surface area contributed by atoms with Gasteiger partial charge in [0.05, 0.1) is 28.6 Å². The Kier molecular flexibility index (Phi) is 6.27. The Morgan fingerprint density at radius 1 is 1.18 bits per heavy atom. The van der Waals surface area contributed by atoms with E-state index in [-0.39, 0.29) is 5.91 Å². The zero-order valence-electron chi connectivity index (χ0n) is 15.9. The topological polar surface area (TPSA) is 56.2 Å². The van der Waals surface area contributed by atoms with Gasteiger partial charge >= 0.3 is 0 Å². The Bertz CT molecular complexity index is 987. The molecule has 146 valence electrons. The molecule has 1 heterocycles. The number of aromatic nitrogens is 2. The van der Waals surface area contributed by atoms with E-state index in [1.165, 1.54) is 0 Å². The molecule has 0 saturated heterocycles. The molecule has 7 heteroatoms. The summed E-state index contributed by atoms with van der Waals surface area (Å²) in [6, 6.07) is 14.9. The first-order valence-electron chi connectivity index (χ1n) is 8.85. The van der Waals surface area contributed by atoms with Crippen LogP contribution in [0.5, 0.6) is 5.75 Å². The fraction of sp³-hybridized carbons (Fsp3) is 0.238. The summed E-state index contributed by atoms with van der Waals surface area (Å²) in [5.41, 5.74) is 3.46. The molecule has 2 aromatic carbocycles. The van der Waals surface area contributed by atoms with Crippen molar-refractivity contribution in [3.05, 3.63) is 75.5 Å². The maximum atomic E-state index is 12.6. The molecule has 3 aromatic rings. The third-order valence-electron chi connectivity index (χ3n) is 4.37. The molecule has 0 radical (unpaired) electrons. The third kappa shape index (κ3) is 4.66. The summed E-state index contributed by atoms with van der Waals surface area (Å²) >= 11 is 12.0. The third-order valence-corrected chi connectivity index (χ3v) is 4.90. The highest BCUT2D eigenvalue weighted by atomic mass is 35.5. The number of anilines is 1. The van der Waals surface area contributed by atoms with Gasteiger partial charge in [0, 0.05) is 5.02 Å². The lowest BCUT2D eigenvalue weighted by Gasteiger charge is -2.16. The molecule has 0 saturated carbocycles. The summed E-state index contributed by atoms with van der Waals surface area (Å²) in [6.45, 7) is 6.10. The van der Waals surface area contributed by atoms with Crippen LogP contribution in [0.2, 0.25) is 10.0 Å². The molecule has 0 unspecified atom stereocenters. The van der Waals surface area contributed by atoms with Gasteiger partial charge in [0.25, 0.3) is 5.91 Å². The van der Waals surface area contributed by atoms with Gasteiger partial charge in [0.2, 0.25) is 0 Å². The molecular formula is C21H21Cl2N3O2. The smallest absolute Gasteiger partial charge is 0.265 e. The molecular weight excluding hydrogens is 397 g/mol. The summed E-state index contributed by atoms with van der Waals surface area (Å²) < 4.78 is 7.56. The minimum Gasteiger partial charge on any atom is -0.479 e. The number of nitrogens with one attached hydrogen (secondary N) is 1. The molecule has 0 aliphatic rings. The van der Waals surface area contributed by atoms with E-state index in [0.29, 0.717) is 28.0 Å². The van der Waals surface area contributed by atoms with Crippen molar-refractivity contribution in [3.8, 4) is 5.75 Å². The number of aryl methyl sites for hydroxylation is 1. The number of ether oxygens (including phenoxy) is 1.